The van der Waals surface area contributed by atoms with Gasteiger partial charge in [-0.3, -0.25) is 4.79 Å². The Balaban J connectivity index is 2.03. The lowest BCUT2D eigenvalue weighted by atomic mass is 10.1. The molecule has 4 heteroatoms. The molecule has 0 radical (unpaired) electrons. The molecular weight excluding hydrogens is 302 g/mol. The van der Waals surface area contributed by atoms with E-state index in [1.807, 2.05) is 70.2 Å². The van der Waals surface area contributed by atoms with Crippen molar-refractivity contribution < 1.29 is 14.3 Å². The zero-order valence-electron chi connectivity index (χ0n) is 14.8. The molecule has 2 aromatic carbocycles. The van der Waals surface area contributed by atoms with Crippen LogP contribution in [-0.2, 0) is 4.79 Å². The molecule has 0 aliphatic carbocycles. The second kappa shape index (κ2) is 8.39. The Bertz CT molecular complexity index is 680. The lowest BCUT2D eigenvalue weighted by Gasteiger charge is -2.23. The van der Waals surface area contributed by atoms with Gasteiger partial charge in [-0.15, -0.1) is 0 Å². The molecule has 0 N–H and O–H groups in total. The first-order valence-electron chi connectivity index (χ1n) is 8.28. The van der Waals surface area contributed by atoms with Crippen molar-refractivity contribution >= 4 is 11.6 Å². The molecule has 0 saturated carbocycles. The first-order chi connectivity index (χ1) is 11.5. The van der Waals surface area contributed by atoms with Crippen LogP contribution in [0.3, 0.4) is 0 Å². The quantitative estimate of drug-likeness (QED) is 0.767. The Morgan fingerprint density at radius 3 is 2.17 bits per heavy atom. The van der Waals surface area contributed by atoms with E-state index >= 15 is 0 Å². The maximum atomic E-state index is 12.6. The zero-order chi connectivity index (χ0) is 17.5. The van der Waals surface area contributed by atoms with Gasteiger partial charge in [0, 0.05) is 12.2 Å². The molecule has 0 atom stereocenters. The molecule has 0 unspecified atom stereocenters. The summed E-state index contributed by atoms with van der Waals surface area (Å²) in [7, 11) is 0. The van der Waals surface area contributed by atoms with Crippen molar-refractivity contribution in [1.82, 2.24) is 0 Å². The zero-order valence-corrected chi connectivity index (χ0v) is 14.8. The minimum absolute atomic E-state index is 0.00913. The second-order valence-electron chi connectivity index (χ2n) is 5.62. The third-order valence-corrected chi connectivity index (χ3v) is 3.77. The number of amides is 1. The SMILES string of the molecule is CCOc1ccc(OCC(=O)N(CC)c2cc(C)ccc2C)cc1. The van der Waals surface area contributed by atoms with Gasteiger partial charge in [0.05, 0.1) is 6.61 Å². The highest BCUT2D eigenvalue weighted by molar-refractivity contribution is 5.95. The summed E-state index contributed by atoms with van der Waals surface area (Å²) in [4.78, 5) is 14.3. The third kappa shape index (κ3) is 4.51. The van der Waals surface area contributed by atoms with E-state index in [1.165, 1.54) is 0 Å². The van der Waals surface area contributed by atoms with Crippen LogP contribution in [0.15, 0.2) is 42.5 Å². The lowest BCUT2D eigenvalue weighted by Crippen LogP contribution is -2.35. The molecule has 0 spiro atoms. The van der Waals surface area contributed by atoms with Gasteiger partial charge in [0.1, 0.15) is 11.5 Å². The van der Waals surface area contributed by atoms with Gasteiger partial charge in [-0.1, -0.05) is 12.1 Å². The van der Waals surface area contributed by atoms with E-state index in [0.717, 1.165) is 22.6 Å². The number of likely N-dealkylation sites (N-methyl/N-ethyl adjacent to an activating group) is 1. The van der Waals surface area contributed by atoms with E-state index in [4.69, 9.17) is 9.47 Å². The topological polar surface area (TPSA) is 38.8 Å². The number of rotatable bonds is 7. The van der Waals surface area contributed by atoms with Crippen LogP contribution in [0.2, 0.25) is 0 Å². The Morgan fingerprint density at radius 1 is 0.958 bits per heavy atom. The molecule has 0 aliphatic heterocycles. The van der Waals surface area contributed by atoms with E-state index in [0.29, 0.717) is 18.9 Å². The number of ether oxygens (including phenoxy) is 2. The van der Waals surface area contributed by atoms with Gasteiger partial charge in [0.2, 0.25) is 0 Å². The Morgan fingerprint density at radius 2 is 1.58 bits per heavy atom. The number of aryl methyl sites for hydroxylation is 2. The number of benzene rings is 2. The molecule has 24 heavy (non-hydrogen) atoms. The molecular formula is C20H25NO3. The average molecular weight is 327 g/mol. The fraction of sp³-hybridized carbons (Fsp3) is 0.350. The largest absolute Gasteiger partial charge is 0.494 e. The summed E-state index contributed by atoms with van der Waals surface area (Å²) in [6.07, 6.45) is 0. The molecule has 0 fully saturated rings. The van der Waals surface area contributed by atoms with E-state index in [1.54, 1.807) is 4.90 Å². The van der Waals surface area contributed by atoms with Gasteiger partial charge >= 0.3 is 0 Å². The maximum absolute atomic E-state index is 12.6. The van der Waals surface area contributed by atoms with E-state index in [-0.39, 0.29) is 12.5 Å². The van der Waals surface area contributed by atoms with Gasteiger partial charge < -0.3 is 14.4 Å². The standard InChI is InChI=1S/C20H25NO3/c1-5-21(19-13-15(3)7-8-16(19)4)20(22)14-24-18-11-9-17(10-12-18)23-6-2/h7-13H,5-6,14H2,1-4H3. The summed E-state index contributed by atoms with van der Waals surface area (Å²) < 4.78 is 11.0. The van der Waals surface area contributed by atoms with Crippen molar-refractivity contribution in [2.24, 2.45) is 0 Å². The fourth-order valence-electron chi connectivity index (χ4n) is 2.51. The van der Waals surface area contributed by atoms with Crippen LogP contribution < -0.4 is 14.4 Å². The number of carbonyl (C=O) groups is 1. The first kappa shape index (κ1) is 17.9. The van der Waals surface area contributed by atoms with E-state index in [2.05, 4.69) is 0 Å². The third-order valence-electron chi connectivity index (χ3n) is 3.77. The minimum Gasteiger partial charge on any atom is -0.494 e. The number of hydrogen-bond acceptors (Lipinski definition) is 3. The van der Waals surface area contributed by atoms with E-state index < -0.39 is 0 Å². The Hall–Kier alpha value is -2.49. The normalized spacial score (nSPS) is 10.3. The van der Waals surface area contributed by atoms with Gasteiger partial charge in [0.25, 0.3) is 5.91 Å². The molecule has 2 rings (SSSR count). The van der Waals surface area contributed by atoms with Crippen molar-refractivity contribution in [3.8, 4) is 11.5 Å². The van der Waals surface area contributed by atoms with Crippen LogP contribution in [0.4, 0.5) is 5.69 Å². The van der Waals surface area contributed by atoms with Crippen molar-refractivity contribution in [1.29, 1.82) is 0 Å². The minimum atomic E-state index is -0.0555. The van der Waals surface area contributed by atoms with Gasteiger partial charge in [-0.25, -0.2) is 0 Å². The highest BCUT2D eigenvalue weighted by Crippen LogP contribution is 2.22. The molecule has 4 nitrogen and oxygen atoms in total. The predicted molar refractivity (Wildman–Crippen MR) is 97.0 cm³/mol. The number of hydrogen-bond donors (Lipinski definition) is 0. The summed E-state index contributed by atoms with van der Waals surface area (Å²) >= 11 is 0. The molecule has 0 saturated heterocycles. The Labute approximate surface area is 144 Å². The van der Waals surface area contributed by atoms with Gasteiger partial charge in [-0.2, -0.15) is 0 Å². The highest BCUT2D eigenvalue weighted by atomic mass is 16.5. The summed E-state index contributed by atoms with van der Waals surface area (Å²) in [5, 5.41) is 0. The van der Waals surface area contributed by atoms with Crippen molar-refractivity contribution in [3.63, 3.8) is 0 Å². The average Bonchev–Trinajstić information content (AvgIpc) is 2.58. The van der Waals surface area contributed by atoms with Crippen molar-refractivity contribution in [2.75, 3.05) is 24.7 Å². The monoisotopic (exact) mass is 327 g/mol. The maximum Gasteiger partial charge on any atom is 0.264 e. The predicted octanol–water partition coefficient (Wildman–Crippen LogP) is 4.13. The molecule has 0 bridgehead atoms. The van der Waals surface area contributed by atoms with Crippen LogP contribution in [-0.4, -0.2) is 25.7 Å². The number of nitrogens with zero attached hydrogens (tertiary/aromatic N) is 1. The van der Waals surface area contributed by atoms with Crippen molar-refractivity contribution in [3.05, 3.63) is 53.6 Å². The summed E-state index contributed by atoms with van der Waals surface area (Å²) in [5.74, 6) is 1.39. The highest BCUT2D eigenvalue weighted by Gasteiger charge is 2.16. The van der Waals surface area contributed by atoms with E-state index in [9.17, 15) is 4.79 Å². The summed E-state index contributed by atoms with van der Waals surface area (Å²) in [6, 6.07) is 13.4. The number of carbonyl (C=O) groups excluding carboxylic acids is 1. The van der Waals surface area contributed by atoms with Gasteiger partial charge in [-0.05, 0) is 69.2 Å². The fourth-order valence-corrected chi connectivity index (χ4v) is 2.51. The molecule has 0 aromatic heterocycles. The summed E-state index contributed by atoms with van der Waals surface area (Å²) in [6.45, 7) is 9.19. The van der Waals surface area contributed by atoms with Crippen LogP contribution in [0.5, 0.6) is 11.5 Å². The number of anilines is 1. The first-order valence-corrected chi connectivity index (χ1v) is 8.28. The molecule has 2 aromatic rings. The second-order valence-corrected chi connectivity index (χ2v) is 5.62. The lowest BCUT2D eigenvalue weighted by molar-refractivity contribution is -0.120. The van der Waals surface area contributed by atoms with Crippen LogP contribution in [0.1, 0.15) is 25.0 Å². The van der Waals surface area contributed by atoms with Crippen LogP contribution in [0.25, 0.3) is 0 Å². The summed E-state index contributed by atoms with van der Waals surface area (Å²) in [5.41, 5.74) is 3.16. The molecule has 0 heterocycles. The molecule has 0 aliphatic rings. The molecule has 128 valence electrons. The molecule has 1 amide bonds. The van der Waals surface area contributed by atoms with Crippen LogP contribution in [0, 0.1) is 13.8 Å². The smallest absolute Gasteiger partial charge is 0.264 e. The Kier molecular flexibility index (Phi) is 6.24. The van der Waals surface area contributed by atoms with Gasteiger partial charge in [0.15, 0.2) is 6.61 Å². The van der Waals surface area contributed by atoms with Crippen LogP contribution >= 0.6 is 0 Å². The van der Waals surface area contributed by atoms with Crippen molar-refractivity contribution in [2.45, 2.75) is 27.7 Å².